The first-order valence-electron chi connectivity index (χ1n) is 4.56. The minimum Gasteiger partial charge on any atom is -0.133 e. The summed E-state index contributed by atoms with van der Waals surface area (Å²) in [5, 5.41) is 0. The number of thiophene rings is 1. The first-order chi connectivity index (χ1) is 6.26. The third-order valence-electron chi connectivity index (χ3n) is 2.03. The summed E-state index contributed by atoms with van der Waals surface area (Å²) in [6.07, 6.45) is 3.59. The second kappa shape index (κ2) is 6.05. The maximum absolute atomic E-state index is 5.90. The molecule has 3 heteroatoms. The maximum atomic E-state index is 5.90. The van der Waals surface area contributed by atoms with Crippen molar-refractivity contribution in [2.75, 3.05) is 5.88 Å². The zero-order valence-corrected chi connectivity index (χ0v) is 10.9. The molecule has 0 spiro atoms. The van der Waals surface area contributed by atoms with Crippen molar-refractivity contribution < 1.29 is 0 Å². The molecule has 1 aromatic rings. The molecular weight excluding hydrogens is 268 g/mol. The molecule has 0 N–H and O–H groups in total. The highest BCUT2D eigenvalue weighted by molar-refractivity contribution is 9.11. The Kier molecular flexibility index (Phi) is 5.37. The van der Waals surface area contributed by atoms with E-state index < -0.39 is 0 Å². The number of hydrogen-bond donors (Lipinski definition) is 0. The van der Waals surface area contributed by atoms with Gasteiger partial charge in [0.15, 0.2) is 0 Å². The van der Waals surface area contributed by atoms with Crippen molar-refractivity contribution in [3.05, 3.63) is 20.8 Å². The molecule has 0 bridgehead atoms. The molecule has 13 heavy (non-hydrogen) atoms. The highest BCUT2D eigenvalue weighted by Gasteiger charge is 2.08. The molecule has 0 saturated carbocycles. The van der Waals surface area contributed by atoms with E-state index in [1.807, 2.05) is 11.3 Å². The average Bonchev–Trinajstić information content (AvgIpc) is 2.50. The summed E-state index contributed by atoms with van der Waals surface area (Å²) in [6.45, 7) is 2.21. The van der Waals surface area contributed by atoms with Crippen LogP contribution in [0.15, 0.2) is 15.9 Å². The largest absolute Gasteiger partial charge is 0.133 e. The highest BCUT2D eigenvalue weighted by Crippen LogP contribution is 2.25. The lowest BCUT2D eigenvalue weighted by Crippen LogP contribution is -2.04. The monoisotopic (exact) mass is 280 g/mol. The molecule has 0 saturated heterocycles. The fourth-order valence-electron chi connectivity index (χ4n) is 1.39. The quantitative estimate of drug-likeness (QED) is 0.686. The van der Waals surface area contributed by atoms with Gasteiger partial charge < -0.3 is 0 Å². The molecule has 1 heterocycles. The first kappa shape index (κ1) is 11.5. The molecule has 0 radical (unpaired) electrons. The maximum Gasteiger partial charge on any atom is 0.0701 e. The second-order valence-corrected chi connectivity index (χ2v) is 6.08. The third kappa shape index (κ3) is 4.01. The number of rotatable bonds is 5. The van der Waals surface area contributed by atoms with Crippen LogP contribution in [0.1, 0.15) is 24.6 Å². The van der Waals surface area contributed by atoms with Gasteiger partial charge in [0, 0.05) is 10.8 Å². The fraction of sp³-hybridized carbons (Fsp3) is 0.600. The van der Waals surface area contributed by atoms with Crippen LogP contribution in [-0.4, -0.2) is 5.88 Å². The number of hydrogen-bond acceptors (Lipinski definition) is 1. The molecule has 1 unspecified atom stereocenters. The molecular formula is C10H14BrClS. The van der Waals surface area contributed by atoms with E-state index in [1.54, 1.807) is 0 Å². The van der Waals surface area contributed by atoms with Crippen LogP contribution in [0, 0.1) is 5.92 Å². The van der Waals surface area contributed by atoms with Crippen LogP contribution in [0.3, 0.4) is 0 Å². The number of alkyl halides is 1. The van der Waals surface area contributed by atoms with Crippen LogP contribution >= 0.6 is 38.9 Å². The van der Waals surface area contributed by atoms with Crippen LogP contribution in [0.4, 0.5) is 0 Å². The Hall–Kier alpha value is 0.470. The summed E-state index contributed by atoms with van der Waals surface area (Å²) < 4.78 is 1.22. The van der Waals surface area contributed by atoms with Gasteiger partial charge in [-0.1, -0.05) is 13.3 Å². The smallest absolute Gasteiger partial charge is 0.0701 e. The first-order valence-corrected chi connectivity index (χ1v) is 6.70. The molecule has 0 aliphatic heterocycles. The van der Waals surface area contributed by atoms with Crippen molar-refractivity contribution in [3.63, 3.8) is 0 Å². The van der Waals surface area contributed by atoms with Gasteiger partial charge in [-0.15, -0.1) is 22.9 Å². The predicted molar refractivity (Wildman–Crippen MR) is 64.8 cm³/mol. The molecule has 0 aliphatic carbocycles. The second-order valence-electron chi connectivity index (χ2n) is 3.22. The van der Waals surface area contributed by atoms with Gasteiger partial charge >= 0.3 is 0 Å². The predicted octanol–water partition coefficient (Wildman–Crippen LogP) is 4.71. The van der Waals surface area contributed by atoms with Crippen molar-refractivity contribution in [1.29, 1.82) is 0 Å². The SMILES string of the molecule is CCCC(CCl)Cc1ccc(Br)s1. The van der Waals surface area contributed by atoms with Crippen LogP contribution in [0.2, 0.25) is 0 Å². The summed E-state index contributed by atoms with van der Waals surface area (Å²) in [4.78, 5) is 1.44. The standard InChI is InChI=1S/C10H14BrClS/c1-2-3-8(7-12)6-9-4-5-10(11)13-9/h4-5,8H,2-3,6-7H2,1H3. The molecule has 74 valence electrons. The fourth-order valence-corrected chi connectivity index (χ4v) is 3.25. The van der Waals surface area contributed by atoms with E-state index in [0.29, 0.717) is 5.92 Å². The van der Waals surface area contributed by atoms with Crippen LogP contribution in [0.5, 0.6) is 0 Å². The Morgan fingerprint density at radius 3 is 2.77 bits per heavy atom. The lowest BCUT2D eigenvalue weighted by molar-refractivity contribution is 0.532. The summed E-state index contributed by atoms with van der Waals surface area (Å²) >= 11 is 11.2. The summed E-state index contributed by atoms with van der Waals surface area (Å²) in [5.74, 6) is 1.43. The van der Waals surface area contributed by atoms with Gasteiger partial charge in [-0.25, -0.2) is 0 Å². The molecule has 1 atom stereocenters. The van der Waals surface area contributed by atoms with E-state index in [9.17, 15) is 0 Å². The van der Waals surface area contributed by atoms with Gasteiger partial charge in [-0.2, -0.15) is 0 Å². The van der Waals surface area contributed by atoms with Gasteiger partial charge in [-0.3, -0.25) is 0 Å². The van der Waals surface area contributed by atoms with Gasteiger partial charge in [-0.05, 0) is 46.8 Å². The van der Waals surface area contributed by atoms with E-state index in [-0.39, 0.29) is 0 Å². The molecule has 1 rings (SSSR count). The zero-order valence-electron chi connectivity index (χ0n) is 7.72. The minimum absolute atomic E-state index is 0.650. The van der Waals surface area contributed by atoms with Crippen molar-refractivity contribution in [1.82, 2.24) is 0 Å². The van der Waals surface area contributed by atoms with Crippen molar-refractivity contribution in [2.24, 2.45) is 5.92 Å². The van der Waals surface area contributed by atoms with Crippen molar-refractivity contribution >= 4 is 38.9 Å². The average molecular weight is 282 g/mol. The minimum atomic E-state index is 0.650. The van der Waals surface area contributed by atoms with Gasteiger partial charge in [0.25, 0.3) is 0 Å². The normalized spacial score (nSPS) is 13.2. The Balaban J connectivity index is 2.46. The van der Waals surface area contributed by atoms with Crippen LogP contribution in [0.25, 0.3) is 0 Å². The molecule has 1 aromatic heterocycles. The Morgan fingerprint density at radius 1 is 1.54 bits per heavy atom. The zero-order chi connectivity index (χ0) is 9.68. The molecule has 0 fully saturated rings. The van der Waals surface area contributed by atoms with E-state index in [4.69, 9.17) is 11.6 Å². The molecule has 0 amide bonds. The Morgan fingerprint density at radius 2 is 2.31 bits per heavy atom. The molecule has 0 nitrogen and oxygen atoms in total. The lowest BCUT2D eigenvalue weighted by atomic mass is 10.0. The van der Waals surface area contributed by atoms with E-state index >= 15 is 0 Å². The van der Waals surface area contributed by atoms with E-state index in [1.165, 1.54) is 21.5 Å². The third-order valence-corrected chi connectivity index (χ3v) is 4.12. The summed E-state index contributed by atoms with van der Waals surface area (Å²) in [5.41, 5.74) is 0. The summed E-state index contributed by atoms with van der Waals surface area (Å²) in [7, 11) is 0. The van der Waals surface area contributed by atoms with Gasteiger partial charge in [0.2, 0.25) is 0 Å². The Bertz CT molecular complexity index is 247. The highest BCUT2D eigenvalue weighted by atomic mass is 79.9. The molecule has 0 aromatic carbocycles. The lowest BCUT2D eigenvalue weighted by Gasteiger charge is -2.10. The van der Waals surface area contributed by atoms with Gasteiger partial charge in [0.05, 0.1) is 3.79 Å². The van der Waals surface area contributed by atoms with Crippen LogP contribution in [-0.2, 0) is 6.42 Å². The van der Waals surface area contributed by atoms with Crippen molar-refractivity contribution in [3.8, 4) is 0 Å². The molecule has 0 aliphatic rings. The topological polar surface area (TPSA) is 0 Å². The van der Waals surface area contributed by atoms with Crippen molar-refractivity contribution in [2.45, 2.75) is 26.2 Å². The number of halogens is 2. The Labute approximate surface area is 97.4 Å². The summed E-state index contributed by atoms with van der Waals surface area (Å²) in [6, 6.07) is 4.29. The van der Waals surface area contributed by atoms with E-state index in [0.717, 1.165) is 12.3 Å². The van der Waals surface area contributed by atoms with Gasteiger partial charge in [0.1, 0.15) is 0 Å². The van der Waals surface area contributed by atoms with Crippen LogP contribution < -0.4 is 0 Å². The van der Waals surface area contributed by atoms with E-state index in [2.05, 4.69) is 35.0 Å².